The molecular weight excluding hydrogens is 681 g/mol. The average Bonchev–Trinajstić information content (AvgIpc) is 3.19. The van der Waals surface area contributed by atoms with E-state index in [-0.39, 0.29) is 25.2 Å². The lowest BCUT2D eigenvalue weighted by atomic mass is 10.0. The molecule has 0 amide bonds. The number of esters is 2. The van der Waals surface area contributed by atoms with E-state index in [0.29, 0.717) is 12.8 Å². The number of hydrogen-bond donors (Lipinski definition) is 1. The Morgan fingerprint density at radius 1 is 0.400 bits per heavy atom. The summed E-state index contributed by atoms with van der Waals surface area (Å²) in [5, 5.41) is 9.55. The van der Waals surface area contributed by atoms with Gasteiger partial charge in [-0.2, -0.15) is 0 Å². The Labute approximate surface area is 343 Å². The van der Waals surface area contributed by atoms with Gasteiger partial charge in [-0.1, -0.05) is 238 Å². The topological polar surface area (TPSA) is 72.8 Å². The average molecular weight is 777 g/mol. The molecule has 0 spiro atoms. The van der Waals surface area contributed by atoms with Gasteiger partial charge in [-0.25, -0.2) is 0 Å². The maximum atomic E-state index is 12.2. The molecule has 0 rings (SSSR count). The quantitative estimate of drug-likeness (QED) is 0.0379. The summed E-state index contributed by atoms with van der Waals surface area (Å²) >= 11 is 0. The Hall–Kier alpha value is -1.36. The van der Waals surface area contributed by atoms with Crippen LogP contribution in [0.15, 0.2) is 12.2 Å². The number of hydrogen-bond acceptors (Lipinski definition) is 5. The molecule has 0 heterocycles. The van der Waals surface area contributed by atoms with Gasteiger partial charge < -0.3 is 14.6 Å². The minimum absolute atomic E-state index is 0.0590. The molecule has 0 aliphatic carbocycles. The summed E-state index contributed by atoms with van der Waals surface area (Å²) < 4.78 is 10.6. The summed E-state index contributed by atoms with van der Waals surface area (Å²) in [6.45, 7) is 4.13. The number of rotatable bonds is 46. The fraction of sp³-hybridized carbons (Fsp3) is 0.920. The fourth-order valence-electron chi connectivity index (χ4n) is 7.55. The number of allylic oxidation sites excluding steroid dienone is 2. The van der Waals surface area contributed by atoms with E-state index in [9.17, 15) is 14.7 Å². The molecule has 1 N–H and O–H groups in total. The zero-order valence-corrected chi connectivity index (χ0v) is 37.2. The maximum absolute atomic E-state index is 12.2. The van der Waals surface area contributed by atoms with Crippen LogP contribution in [0.3, 0.4) is 0 Å². The van der Waals surface area contributed by atoms with E-state index in [1.807, 2.05) is 0 Å². The molecule has 0 aromatic rings. The Morgan fingerprint density at radius 2 is 0.673 bits per heavy atom. The van der Waals surface area contributed by atoms with Crippen molar-refractivity contribution < 1.29 is 24.2 Å². The molecule has 5 nitrogen and oxygen atoms in total. The number of aliphatic hydroxyl groups excluding tert-OH is 1. The molecule has 0 aromatic carbocycles. The van der Waals surface area contributed by atoms with Crippen molar-refractivity contribution >= 4 is 11.9 Å². The first-order valence-electron chi connectivity index (χ1n) is 24.7. The SMILES string of the molecule is CCCCCCCCCC/C=C\CCCCCCCCCCCCCCCCCCCCCCCC(=O)OC(CO)COC(=O)CCCCCCCCCC. The van der Waals surface area contributed by atoms with E-state index in [2.05, 4.69) is 26.0 Å². The van der Waals surface area contributed by atoms with Gasteiger partial charge in [0.15, 0.2) is 6.10 Å². The Bertz CT molecular complexity index is 795. The molecule has 0 saturated heterocycles. The van der Waals surface area contributed by atoms with Crippen molar-refractivity contribution in [1.82, 2.24) is 0 Å². The van der Waals surface area contributed by atoms with Crippen LogP contribution in [0.5, 0.6) is 0 Å². The third-order valence-corrected chi connectivity index (χ3v) is 11.3. The van der Waals surface area contributed by atoms with E-state index in [1.165, 1.54) is 212 Å². The molecular formula is C50H96O5. The minimum atomic E-state index is -0.762. The Morgan fingerprint density at radius 3 is 0.982 bits per heavy atom. The molecule has 326 valence electrons. The normalized spacial score (nSPS) is 12.1. The number of carbonyl (C=O) groups excluding carboxylic acids is 2. The van der Waals surface area contributed by atoms with Gasteiger partial charge in [0.1, 0.15) is 6.61 Å². The van der Waals surface area contributed by atoms with Crippen molar-refractivity contribution in [3.8, 4) is 0 Å². The third-order valence-electron chi connectivity index (χ3n) is 11.3. The van der Waals surface area contributed by atoms with Crippen LogP contribution in [0.25, 0.3) is 0 Å². The molecule has 55 heavy (non-hydrogen) atoms. The number of ether oxygens (including phenoxy) is 2. The first kappa shape index (κ1) is 53.6. The van der Waals surface area contributed by atoms with E-state index in [1.54, 1.807) is 0 Å². The number of carbonyl (C=O) groups is 2. The highest BCUT2D eigenvalue weighted by atomic mass is 16.6. The molecule has 0 radical (unpaired) electrons. The van der Waals surface area contributed by atoms with Crippen molar-refractivity contribution in [1.29, 1.82) is 0 Å². The van der Waals surface area contributed by atoms with Crippen LogP contribution in [0.2, 0.25) is 0 Å². The largest absolute Gasteiger partial charge is 0.462 e. The van der Waals surface area contributed by atoms with Crippen molar-refractivity contribution in [2.45, 2.75) is 283 Å². The van der Waals surface area contributed by atoms with Crippen molar-refractivity contribution in [2.24, 2.45) is 0 Å². The van der Waals surface area contributed by atoms with Gasteiger partial charge >= 0.3 is 11.9 Å². The van der Waals surface area contributed by atoms with E-state index < -0.39 is 6.10 Å². The lowest BCUT2D eigenvalue weighted by Gasteiger charge is -2.15. The van der Waals surface area contributed by atoms with Crippen LogP contribution >= 0.6 is 0 Å². The number of unbranched alkanes of at least 4 members (excludes halogenated alkanes) is 36. The summed E-state index contributed by atoms with van der Waals surface area (Å²) in [5.41, 5.74) is 0. The molecule has 0 aliphatic rings. The fourth-order valence-corrected chi connectivity index (χ4v) is 7.55. The highest BCUT2D eigenvalue weighted by Gasteiger charge is 2.16. The van der Waals surface area contributed by atoms with Crippen LogP contribution < -0.4 is 0 Å². The monoisotopic (exact) mass is 777 g/mol. The van der Waals surface area contributed by atoms with Crippen molar-refractivity contribution in [3.63, 3.8) is 0 Å². The van der Waals surface area contributed by atoms with Crippen molar-refractivity contribution in [2.75, 3.05) is 13.2 Å². The molecule has 1 unspecified atom stereocenters. The zero-order chi connectivity index (χ0) is 40.0. The molecule has 5 heteroatoms. The molecule has 1 atom stereocenters. The van der Waals surface area contributed by atoms with Crippen LogP contribution in [-0.4, -0.2) is 36.4 Å². The highest BCUT2D eigenvalue weighted by molar-refractivity contribution is 5.70. The third kappa shape index (κ3) is 45.2. The second-order valence-electron chi connectivity index (χ2n) is 16.9. The molecule has 0 aromatic heterocycles. The van der Waals surface area contributed by atoms with Gasteiger partial charge in [0.2, 0.25) is 0 Å². The van der Waals surface area contributed by atoms with E-state index in [4.69, 9.17) is 9.47 Å². The molecule has 0 saturated carbocycles. The maximum Gasteiger partial charge on any atom is 0.306 e. The molecule has 0 bridgehead atoms. The summed E-state index contributed by atoms with van der Waals surface area (Å²) in [6, 6.07) is 0. The van der Waals surface area contributed by atoms with Gasteiger partial charge in [0.05, 0.1) is 6.61 Å². The van der Waals surface area contributed by atoms with Crippen LogP contribution in [0.4, 0.5) is 0 Å². The Kier molecular flexibility index (Phi) is 45.9. The van der Waals surface area contributed by atoms with Crippen LogP contribution in [0, 0.1) is 0 Å². The van der Waals surface area contributed by atoms with Gasteiger partial charge in [-0.3, -0.25) is 9.59 Å². The summed E-state index contributed by atoms with van der Waals surface area (Å²) in [6.07, 6.45) is 56.3. The minimum Gasteiger partial charge on any atom is -0.462 e. The van der Waals surface area contributed by atoms with Crippen LogP contribution in [-0.2, 0) is 19.1 Å². The second-order valence-corrected chi connectivity index (χ2v) is 16.9. The molecule has 0 aliphatic heterocycles. The summed E-state index contributed by atoms with van der Waals surface area (Å²) in [7, 11) is 0. The first-order valence-corrected chi connectivity index (χ1v) is 24.7. The van der Waals surface area contributed by atoms with Gasteiger partial charge in [0.25, 0.3) is 0 Å². The lowest BCUT2D eigenvalue weighted by molar-refractivity contribution is -0.161. The lowest BCUT2D eigenvalue weighted by Crippen LogP contribution is -2.28. The summed E-state index contributed by atoms with van der Waals surface area (Å²) in [4.78, 5) is 24.2. The first-order chi connectivity index (χ1) is 27.1. The van der Waals surface area contributed by atoms with Crippen molar-refractivity contribution in [3.05, 3.63) is 12.2 Å². The van der Waals surface area contributed by atoms with Gasteiger partial charge in [-0.15, -0.1) is 0 Å². The van der Waals surface area contributed by atoms with Gasteiger partial charge in [-0.05, 0) is 38.5 Å². The smallest absolute Gasteiger partial charge is 0.306 e. The van der Waals surface area contributed by atoms with Gasteiger partial charge in [0, 0.05) is 12.8 Å². The van der Waals surface area contributed by atoms with E-state index >= 15 is 0 Å². The number of aliphatic hydroxyl groups is 1. The predicted molar refractivity (Wildman–Crippen MR) is 238 cm³/mol. The molecule has 0 fully saturated rings. The summed E-state index contributed by atoms with van der Waals surface area (Å²) in [5.74, 6) is -0.581. The standard InChI is InChI=1S/C50H96O5/c1-3-5-7-9-11-13-14-15-16-17-18-19-20-21-22-23-24-25-26-27-28-29-30-31-32-33-34-35-36-37-39-41-43-45-50(53)55-48(46-51)47-54-49(52)44-42-40-38-12-10-8-6-4-2/h17-18,48,51H,3-16,19-47H2,1-2H3/b18-17-. The predicted octanol–water partition coefficient (Wildman–Crippen LogP) is 16.0. The van der Waals surface area contributed by atoms with E-state index in [0.717, 1.165) is 38.5 Å². The highest BCUT2D eigenvalue weighted by Crippen LogP contribution is 2.17. The van der Waals surface area contributed by atoms with Crippen LogP contribution in [0.1, 0.15) is 277 Å². The second kappa shape index (κ2) is 47.0. The Balaban J connectivity index is 3.34. The zero-order valence-electron chi connectivity index (χ0n) is 37.2.